The number of nitrogens with one attached hydrogen (secondary N) is 1. The van der Waals surface area contributed by atoms with Crippen molar-refractivity contribution in [3.63, 3.8) is 0 Å². The van der Waals surface area contributed by atoms with Crippen molar-refractivity contribution in [3.8, 4) is 11.5 Å². The molecule has 0 saturated carbocycles. The standard InChI is InChI=1S/C14H19N3OS/c1-10(15-2)8-13-16-14(18-17-13)12-6-4-11(5-7-12)9-19-3/h4-7,10,15H,8-9H2,1-3H3. The van der Waals surface area contributed by atoms with Gasteiger partial charge in [-0.3, -0.25) is 0 Å². The highest BCUT2D eigenvalue weighted by Crippen LogP contribution is 2.19. The quantitative estimate of drug-likeness (QED) is 0.880. The van der Waals surface area contributed by atoms with Crippen molar-refractivity contribution in [2.75, 3.05) is 13.3 Å². The largest absolute Gasteiger partial charge is 0.334 e. The Labute approximate surface area is 118 Å². The van der Waals surface area contributed by atoms with E-state index >= 15 is 0 Å². The molecule has 1 unspecified atom stereocenters. The van der Waals surface area contributed by atoms with Crippen LogP contribution in [0.4, 0.5) is 0 Å². The zero-order valence-corrected chi connectivity index (χ0v) is 12.3. The Balaban J connectivity index is 2.09. The first kappa shape index (κ1) is 14.1. The van der Waals surface area contributed by atoms with Gasteiger partial charge < -0.3 is 9.84 Å². The molecule has 5 heteroatoms. The molecular formula is C14H19N3OS. The van der Waals surface area contributed by atoms with Gasteiger partial charge in [-0.25, -0.2) is 0 Å². The molecule has 102 valence electrons. The monoisotopic (exact) mass is 277 g/mol. The fourth-order valence-corrected chi connectivity index (χ4v) is 2.27. The molecule has 0 radical (unpaired) electrons. The summed E-state index contributed by atoms with van der Waals surface area (Å²) >= 11 is 1.81. The first-order valence-electron chi connectivity index (χ1n) is 6.31. The lowest BCUT2D eigenvalue weighted by molar-refractivity contribution is 0.418. The Morgan fingerprint density at radius 1 is 1.32 bits per heavy atom. The van der Waals surface area contributed by atoms with Crippen LogP contribution in [0.15, 0.2) is 28.8 Å². The molecule has 4 nitrogen and oxygen atoms in total. The van der Waals surface area contributed by atoms with Gasteiger partial charge in [-0.1, -0.05) is 17.3 Å². The fourth-order valence-electron chi connectivity index (χ4n) is 1.74. The maximum Gasteiger partial charge on any atom is 0.257 e. The van der Waals surface area contributed by atoms with E-state index in [0.717, 1.165) is 23.6 Å². The van der Waals surface area contributed by atoms with E-state index in [1.807, 2.05) is 30.9 Å². The van der Waals surface area contributed by atoms with Gasteiger partial charge in [0.2, 0.25) is 0 Å². The molecule has 0 fully saturated rings. The molecule has 1 aromatic carbocycles. The van der Waals surface area contributed by atoms with Gasteiger partial charge in [0, 0.05) is 23.8 Å². The second-order valence-electron chi connectivity index (χ2n) is 4.54. The Bertz CT molecular complexity index is 510. The molecule has 0 aliphatic rings. The number of nitrogens with zero attached hydrogens (tertiary/aromatic N) is 2. The van der Waals surface area contributed by atoms with Crippen LogP contribution in [0.25, 0.3) is 11.5 Å². The predicted molar refractivity (Wildman–Crippen MR) is 79.2 cm³/mol. The summed E-state index contributed by atoms with van der Waals surface area (Å²) < 4.78 is 5.30. The summed E-state index contributed by atoms with van der Waals surface area (Å²) in [5.41, 5.74) is 2.28. The van der Waals surface area contributed by atoms with Crippen LogP contribution in [0.1, 0.15) is 18.3 Å². The molecule has 2 aromatic rings. The molecule has 1 heterocycles. The van der Waals surface area contributed by atoms with Crippen molar-refractivity contribution in [2.24, 2.45) is 0 Å². The third kappa shape index (κ3) is 3.81. The van der Waals surface area contributed by atoms with Gasteiger partial charge in [0.1, 0.15) is 0 Å². The molecule has 0 bridgehead atoms. The Hall–Kier alpha value is -1.33. The van der Waals surface area contributed by atoms with E-state index in [4.69, 9.17) is 4.52 Å². The van der Waals surface area contributed by atoms with Gasteiger partial charge >= 0.3 is 0 Å². The Kier molecular flexibility index (Phi) is 4.99. The van der Waals surface area contributed by atoms with Crippen molar-refractivity contribution in [3.05, 3.63) is 35.7 Å². The molecular weight excluding hydrogens is 258 g/mol. The van der Waals surface area contributed by atoms with Crippen LogP contribution in [0, 0.1) is 0 Å². The molecule has 1 aromatic heterocycles. The van der Waals surface area contributed by atoms with Gasteiger partial charge in [0.05, 0.1) is 0 Å². The van der Waals surface area contributed by atoms with E-state index in [1.165, 1.54) is 5.56 Å². The van der Waals surface area contributed by atoms with E-state index in [1.54, 1.807) is 0 Å². The molecule has 1 atom stereocenters. The fraction of sp³-hybridized carbons (Fsp3) is 0.429. The van der Waals surface area contributed by atoms with Crippen molar-refractivity contribution in [1.29, 1.82) is 0 Å². The van der Waals surface area contributed by atoms with Crippen LogP contribution in [-0.2, 0) is 12.2 Å². The maximum absolute atomic E-state index is 5.30. The van der Waals surface area contributed by atoms with Crippen molar-refractivity contribution < 1.29 is 4.52 Å². The number of hydrogen-bond acceptors (Lipinski definition) is 5. The van der Waals surface area contributed by atoms with Crippen LogP contribution in [0.5, 0.6) is 0 Å². The van der Waals surface area contributed by atoms with E-state index in [9.17, 15) is 0 Å². The molecule has 0 amide bonds. The number of thioether (sulfide) groups is 1. The third-order valence-electron chi connectivity index (χ3n) is 2.96. The highest BCUT2D eigenvalue weighted by Gasteiger charge is 2.10. The molecule has 19 heavy (non-hydrogen) atoms. The van der Waals surface area contributed by atoms with Crippen molar-refractivity contribution >= 4 is 11.8 Å². The lowest BCUT2D eigenvalue weighted by atomic mass is 10.1. The lowest BCUT2D eigenvalue weighted by Crippen LogP contribution is -2.24. The molecule has 0 aliphatic carbocycles. The molecule has 0 spiro atoms. The minimum absolute atomic E-state index is 0.342. The van der Waals surface area contributed by atoms with E-state index in [-0.39, 0.29) is 0 Å². The second-order valence-corrected chi connectivity index (χ2v) is 5.41. The number of likely N-dealkylation sites (N-methyl/N-ethyl adjacent to an activating group) is 1. The van der Waals surface area contributed by atoms with Crippen molar-refractivity contribution in [2.45, 2.75) is 25.1 Å². The minimum Gasteiger partial charge on any atom is -0.334 e. The van der Waals surface area contributed by atoms with Crippen LogP contribution in [0.2, 0.25) is 0 Å². The highest BCUT2D eigenvalue weighted by atomic mass is 32.2. The number of hydrogen-bond donors (Lipinski definition) is 1. The SMILES string of the molecule is CNC(C)Cc1noc(-c2ccc(CSC)cc2)n1. The smallest absolute Gasteiger partial charge is 0.257 e. The van der Waals surface area contributed by atoms with Gasteiger partial charge in [-0.05, 0) is 37.9 Å². The summed E-state index contributed by atoms with van der Waals surface area (Å²) in [7, 11) is 1.93. The van der Waals surface area contributed by atoms with Crippen molar-refractivity contribution in [1.82, 2.24) is 15.5 Å². The number of benzene rings is 1. The average Bonchev–Trinajstić information content (AvgIpc) is 2.88. The summed E-state index contributed by atoms with van der Waals surface area (Å²) in [4.78, 5) is 4.42. The minimum atomic E-state index is 0.342. The summed E-state index contributed by atoms with van der Waals surface area (Å²) in [6, 6.07) is 8.61. The molecule has 2 rings (SSSR count). The van der Waals surface area contributed by atoms with E-state index in [2.05, 4.69) is 40.8 Å². The first-order valence-corrected chi connectivity index (χ1v) is 7.70. The lowest BCUT2D eigenvalue weighted by Gasteiger charge is -2.04. The maximum atomic E-state index is 5.30. The first-order chi connectivity index (χ1) is 9.22. The topological polar surface area (TPSA) is 51.0 Å². The van der Waals surface area contributed by atoms with Gasteiger partial charge in [0.15, 0.2) is 5.82 Å². The Morgan fingerprint density at radius 3 is 2.68 bits per heavy atom. The summed E-state index contributed by atoms with van der Waals surface area (Å²) in [5.74, 6) is 2.36. The van der Waals surface area contributed by atoms with Crippen LogP contribution in [-0.4, -0.2) is 29.5 Å². The second kappa shape index (κ2) is 6.73. The van der Waals surface area contributed by atoms with Crippen LogP contribution < -0.4 is 5.32 Å². The Morgan fingerprint density at radius 2 is 2.05 bits per heavy atom. The molecule has 1 N–H and O–H groups in total. The van der Waals surface area contributed by atoms with Gasteiger partial charge in [0.25, 0.3) is 5.89 Å². The number of aromatic nitrogens is 2. The van der Waals surface area contributed by atoms with Crippen LogP contribution in [0.3, 0.4) is 0 Å². The van der Waals surface area contributed by atoms with Crippen LogP contribution >= 0.6 is 11.8 Å². The van der Waals surface area contributed by atoms with Gasteiger partial charge in [-0.2, -0.15) is 16.7 Å². The van der Waals surface area contributed by atoms with E-state index in [0.29, 0.717) is 11.9 Å². The molecule has 0 aliphatic heterocycles. The predicted octanol–water partition coefficient (Wildman–Crippen LogP) is 2.75. The molecule has 0 saturated heterocycles. The number of rotatable bonds is 6. The summed E-state index contributed by atoms with van der Waals surface area (Å²) in [6.07, 6.45) is 2.87. The zero-order valence-electron chi connectivity index (χ0n) is 11.5. The zero-order chi connectivity index (χ0) is 13.7. The normalized spacial score (nSPS) is 12.6. The van der Waals surface area contributed by atoms with E-state index < -0.39 is 0 Å². The van der Waals surface area contributed by atoms with Gasteiger partial charge in [-0.15, -0.1) is 0 Å². The third-order valence-corrected chi connectivity index (χ3v) is 3.58. The highest BCUT2D eigenvalue weighted by molar-refractivity contribution is 7.97. The summed E-state index contributed by atoms with van der Waals surface area (Å²) in [5, 5.41) is 7.17. The summed E-state index contributed by atoms with van der Waals surface area (Å²) in [6.45, 7) is 2.09. The average molecular weight is 277 g/mol.